The third kappa shape index (κ3) is 5.85. The highest BCUT2D eigenvalue weighted by atomic mass is 16.5. The highest BCUT2D eigenvalue weighted by Gasteiger charge is 2.31. The Labute approximate surface area is 163 Å². The predicted octanol–water partition coefficient (Wildman–Crippen LogP) is 6.08. The van der Waals surface area contributed by atoms with Crippen LogP contribution in [0.1, 0.15) is 70.9 Å². The van der Waals surface area contributed by atoms with E-state index in [9.17, 15) is 9.90 Å². The molecule has 0 aliphatic heterocycles. The van der Waals surface area contributed by atoms with Crippen LogP contribution in [0.4, 0.5) is 0 Å². The molecule has 1 aliphatic carbocycles. The molecule has 0 spiro atoms. The zero-order chi connectivity index (χ0) is 19.9. The second kappa shape index (κ2) is 9.59. The first kappa shape index (κ1) is 21.0. The molecule has 0 unspecified atom stereocenters. The van der Waals surface area contributed by atoms with Gasteiger partial charge < -0.3 is 9.84 Å². The molecule has 146 valence electrons. The van der Waals surface area contributed by atoms with E-state index in [1.165, 1.54) is 25.3 Å². The third-order valence-electron chi connectivity index (χ3n) is 5.40. The third-order valence-corrected chi connectivity index (χ3v) is 5.40. The van der Waals surface area contributed by atoms with Crippen LogP contribution >= 0.6 is 0 Å². The molecule has 0 bridgehead atoms. The fourth-order valence-corrected chi connectivity index (χ4v) is 3.72. The van der Waals surface area contributed by atoms with Gasteiger partial charge in [0.2, 0.25) is 0 Å². The van der Waals surface area contributed by atoms with Gasteiger partial charge in [0, 0.05) is 11.6 Å². The number of phenols is 1. The molecule has 0 atom stereocenters. The highest BCUT2D eigenvalue weighted by molar-refractivity contribution is 5.83. The van der Waals surface area contributed by atoms with Crippen molar-refractivity contribution in [1.82, 2.24) is 0 Å². The van der Waals surface area contributed by atoms with E-state index >= 15 is 0 Å². The largest absolute Gasteiger partial charge is 0.508 e. The molecule has 0 heterocycles. The second-order valence-corrected chi connectivity index (χ2v) is 7.70. The van der Waals surface area contributed by atoms with Crippen LogP contribution in [0.3, 0.4) is 0 Å². The number of carbonyl (C=O) groups is 1. The Morgan fingerprint density at radius 2 is 1.93 bits per heavy atom. The van der Waals surface area contributed by atoms with Gasteiger partial charge in [-0.3, -0.25) is 0 Å². The molecule has 3 nitrogen and oxygen atoms in total. The minimum absolute atomic E-state index is 0.0629. The number of rotatable bonds is 6. The molecule has 1 fully saturated rings. The Kier molecular flexibility index (Phi) is 7.46. The number of aromatic hydroxyl groups is 1. The molecule has 0 saturated heterocycles. The number of carbonyl (C=O) groups excluding carboxylic acids is 1. The van der Waals surface area contributed by atoms with Crippen molar-refractivity contribution in [2.45, 2.75) is 65.2 Å². The number of benzene rings is 1. The van der Waals surface area contributed by atoms with Gasteiger partial charge in [0.1, 0.15) is 5.75 Å². The van der Waals surface area contributed by atoms with Gasteiger partial charge in [-0.25, -0.2) is 4.79 Å². The average Bonchev–Trinajstić information content (AvgIpc) is 2.62. The molecule has 2 rings (SSSR count). The van der Waals surface area contributed by atoms with Crippen molar-refractivity contribution in [2.24, 2.45) is 0 Å². The van der Waals surface area contributed by atoms with Crippen molar-refractivity contribution in [1.29, 1.82) is 0 Å². The minimum Gasteiger partial charge on any atom is -0.508 e. The quantitative estimate of drug-likeness (QED) is 0.376. The molecule has 1 N–H and O–H groups in total. The van der Waals surface area contributed by atoms with E-state index in [1.54, 1.807) is 6.92 Å². The summed E-state index contributed by atoms with van der Waals surface area (Å²) in [7, 11) is 0. The zero-order valence-electron chi connectivity index (χ0n) is 17.0. The van der Waals surface area contributed by atoms with Gasteiger partial charge in [0.05, 0.1) is 6.61 Å². The number of ether oxygens (including phenoxy) is 1. The maximum absolute atomic E-state index is 11.5. The van der Waals surface area contributed by atoms with Gasteiger partial charge in [-0.15, -0.1) is 0 Å². The minimum atomic E-state index is -0.316. The summed E-state index contributed by atoms with van der Waals surface area (Å²) in [6.45, 7) is 8.39. The molecule has 27 heavy (non-hydrogen) atoms. The number of allylic oxidation sites excluding steroid dienone is 5. The molecule has 3 heteroatoms. The molecule has 1 aromatic carbocycles. The van der Waals surface area contributed by atoms with Crippen LogP contribution in [0.25, 0.3) is 5.57 Å². The molecule has 1 aromatic rings. The van der Waals surface area contributed by atoms with E-state index in [0.29, 0.717) is 12.4 Å². The van der Waals surface area contributed by atoms with Crippen LogP contribution in [-0.2, 0) is 14.9 Å². The van der Waals surface area contributed by atoms with E-state index in [0.717, 1.165) is 35.1 Å². The molecule has 0 amide bonds. The average molecular weight is 369 g/mol. The van der Waals surface area contributed by atoms with E-state index in [2.05, 4.69) is 19.9 Å². The monoisotopic (exact) mass is 368 g/mol. The second-order valence-electron chi connectivity index (χ2n) is 7.70. The Morgan fingerprint density at radius 3 is 2.59 bits per heavy atom. The topological polar surface area (TPSA) is 46.5 Å². The van der Waals surface area contributed by atoms with E-state index in [1.807, 2.05) is 37.3 Å². The van der Waals surface area contributed by atoms with Crippen molar-refractivity contribution in [3.8, 4) is 5.75 Å². The first-order valence-corrected chi connectivity index (χ1v) is 9.89. The van der Waals surface area contributed by atoms with Gasteiger partial charge in [-0.1, -0.05) is 50.5 Å². The summed E-state index contributed by atoms with van der Waals surface area (Å²) in [6.07, 6.45) is 13.4. The fourth-order valence-electron chi connectivity index (χ4n) is 3.72. The van der Waals surface area contributed by atoms with E-state index in [-0.39, 0.29) is 11.4 Å². The summed E-state index contributed by atoms with van der Waals surface area (Å²) in [5.41, 5.74) is 4.21. The van der Waals surface area contributed by atoms with E-state index in [4.69, 9.17) is 4.74 Å². The summed E-state index contributed by atoms with van der Waals surface area (Å²) < 4.78 is 4.91. The van der Waals surface area contributed by atoms with Crippen LogP contribution in [0.15, 0.2) is 48.1 Å². The summed E-state index contributed by atoms with van der Waals surface area (Å²) >= 11 is 0. The summed E-state index contributed by atoms with van der Waals surface area (Å²) in [6, 6.07) is 5.92. The van der Waals surface area contributed by atoms with E-state index < -0.39 is 0 Å². The smallest absolute Gasteiger partial charge is 0.330 e. The standard InChI is InChI=1S/C24H32O3/c1-5-27-23(26)16-18(2)10-9-11-19(3)20-12-13-22(25)21(17-20)24(4)14-7-6-8-15-24/h9-13,16-17,25H,5-8,14-15H2,1-4H3/b10-9?,18-16+,19-11?. The normalized spacial score (nSPS) is 17.9. The lowest BCUT2D eigenvalue weighted by atomic mass is 9.70. The summed E-state index contributed by atoms with van der Waals surface area (Å²) in [5.74, 6) is 0.0870. The number of hydrogen-bond acceptors (Lipinski definition) is 3. The van der Waals surface area contributed by atoms with Gasteiger partial charge in [0.25, 0.3) is 0 Å². The SMILES string of the molecule is CCOC(=O)/C=C(\C)C=CC=C(C)c1ccc(O)c(C2(C)CCCCC2)c1. The summed E-state index contributed by atoms with van der Waals surface area (Å²) in [5, 5.41) is 10.4. The Hall–Kier alpha value is -2.29. The maximum atomic E-state index is 11.5. The molecule has 1 aliphatic rings. The Bertz CT molecular complexity index is 747. The zero-order valence-corrected chi connectivity index (χ0v) is 17.0. The van der Waals surface area contributed by atoms with Crippen LogP contribution in [-0.4, -0.2) is 17.7 Å². The van der Waals surface area contributed by atoms with Crippen LogP contribution in [0.5, 0.6) is 5.75 Å². The number of hydrogen-bond donors (Lipinski definition) is 1. The molecule has 0 aromatic heterocycles. The lowest BCUT2D eigenvalue weighted by molar-refractivity contribution is -0.137. The first-order chi connectivity index (χ1) is 12.9. The molecule has 1 saturated carbocycles. The van der Waals surface area contributed by atoms with Gasteiger partial charge in [-0.05, 0) is 67.9 Å². The maximum Gasteiger partial charge on any atom is 0.330 e. The van der Waals surface area contributed by atoms with Crippen molar-refractivity contribution in [3.05, 3.63) is 59.2 Å². The number of phenolic OH excluding ortho intramolecular Hbond substituents is 1. The first-order valence-electron chi connectivity index (χ1n) is 9.89. The van der Waals surface area contributed by atoms with Gasteiger partial charge >= 0.3 is 5.97 Å². The summed E-state index contributed by atoms with van der Waals surface area (Å²) in [4.78, 5) is 11.5. The van der Waals surface area contributed by atoms with Crippen LogP contribution in [0.2, 0.25) is 0 Å². The predicted molar refractivity (Wildman–Crippen MR) is 112 cm³/mol. The van der Waals surface area contributed by atoms with Crippen LogP contribution < -0.4 is 0 Å². The lowest BCUT2D eigenvalue weighted by Crippen LogP contribution is -2.25. The lowest BCUT2D eigenvalue weighted by Gasteiger charge is -2.35. The van der Waals surface area contributed by atoms with Crippen molar-refractivity contribution < 1.29 is 14.6 Å². The highest BCUT2D eigenvalue weighted by Crippen LogP contribution is 2.43. The van der Waals surface area contributed by atoms with Gasteiger partial charge in [-0.2, -0.15) is 0 Å². The molecular formula is C24H32O3. The molecule has 0 radical (unpaired) electrons. The van der Waals surface area contributed by atoms with Crippen molar-refractivity contribution in [2.75, 3.05) is 6.61 Å². The fraction of sp³-hybridized carbons (Fsp3) is 0.458. The number of esters is 1. The Balaban J connectivity index is 2.17. The van der Waals surface area contributed by atoms with Crippen molar-refractivity contribution >= 4 is 11.5 Å². The van der Waals surface area contributed by atoms with Crippen LogP contribution in [0, 0.1) is 0 Å². The van der Waals surface area contributed by atoms with Crippen molar-refractivity contribution in [3.63, 3.8) is 0 Å². The van der Waals surface area contributed by atoms with Gasteiger partial charge in [0.15, 0.2) is 0 Å². The Morgan fingerprint density at radius 1 is 1.22 bits per heavy atom. The molecular weight excluding hydrogens is 336 g/mol.